The van der Waals surface area contributed by atoms with Crippen molar-refractivity contribution in [1.29, 1.82) is 0 Å². The normalized spacial score (nSPS) is 12.1. The van der Waals surface area contributed by atoms with Crippen molar-refractivity contribution in [2.45, 2.75) is 33.4 Å². The minimum absolute atomic E-state index is 0.339. The zero-order valence-electron chi connectivity index (χ0n) is 14.7. The fourth-order valence-corrected chi connectivity index (χ4v) is 3.18. The minimum atomic E-state index is 0.339. The third kappa shape index (κ3) is 3.93. The summed E-state index contributed by atoms with van der Waals surface area (Å²) in [6.07, 6.45) is 0. The maximum absolute atomic E-state index is 3.65. The number of nitrogens with one attached hydrogen (secondary N) is 1. The van der Waals surface area contributed by atoms with Gasteiger partial charge >= 0.3 is 0 Å². The molecule has 0 aliphatic carbocycles. The fraction of sp³-hybridized carbons (Fsp3) is 0.217. The van der Waals surface area contributed by atoms with Crippen molar-refractivity contribution in [3.05, 3.63) is 95.1 Å². The van der Waals surface area contributed by atoms with Crippen LogP contribution in [0, 0.1) is 13.8 Å². The second-order valence-electron chi connectivity index (χ2n) is 6.53. The SMILES string of the molecule is Cc1ccc(C(C)NCc2cccc(-c3ccccc3)c2)c(C)c1. The van der Waals surface area contributed by atoms with E-state index in [0.29, 0.717) is 6.04 Å². The van der Waals surface area contributed by atoms with Gasteiger partial charge in [0.1, 0.15) is 0 Å². The van der Waals surface area contributed by atoms with Crippen LogP contribution in [-0.2, 0) is 6.54 Å². The summed E-state index contributed by atoms with van der Waals surface area (Å²) < 4.78 is 0. The average molecular weight is 315 g/mol. The van der Waals surface area contributed by atoms with Crippen LogP contribution in [0.25, 0.3) is 11.1 Å². The highest BCUT2D eigenvalue weighted by Crippen LogP contribution is 2.22. The van der Waals surface area contributed by atoms with Crippen LogP contribution in [0.3, 0.4) is 0 Å². The van der Waals surface area contributed by atoms with E-state index < -0.39 is 0 Å². The number of benzene rings is 3. The number of hydrogen-bond acceptors (Lipinski definition) is 1. The summed E-state index contributed by atoms with van der Waals surface area (Å²) in [5.74, 6) is 0. The highest BCUT2D eigenvalue weighted by Gasteiger charge is 2.08. The largest absolute Gasteiger partial charge is 0.306 e. The van der Waals surface area contributed by atoms with Gasteiger partial charge in [0, 0.05) is 12.6 Å². The van der Waals surface area contributed by atoms with Gasteiger partial charge in [0.25, 0.3) is 0 Å². The monoisotopic (exact) mass is 315 g/mol. The van der Waals surface area contributed by atoms with Gasteiger partial charge in [-0.15, -0.1) is 0 Å². The Morgan fingerprint density at radius 2 is 1.54 bits per heavy atom. The number of rotatable bonds is 5. The minimum Gasteiger partial charge on any atom is -0.306 e. The first-order valence-electron chi connectivity index (χ1n) is 8.58. The molecule has 3 rings (SSSR count). The van der Waals surface area contributed by atoms with Crippen LogP contribution in [0.4, 0.5) is 0 Å². The Labute approximate surface area is 145 Å². The molecule has 0 spiro atoms. The molecule has 1 unspecified atom stereocenters. The van der Waals surface area contributed by atoms with Crippen LogP contribution < -0.4 is 5.32 Å². The van der Waals surface area contributed by atoms with Crippen molar-refractivity contribution < 1.29 is 0 Å². The molecule has 1 heteroatoms. The standard InChI is InChI=1S/C23H25N/c1-17-12-13-23(18(2)14-17)19(3)24-16-20-8-7-11-22(15-20)21-9-5-4-6-10-21/h4-15,19,24H,16H2,1-3H3. The van der Waals surface area contributed by atoms with Crippen LogP contribution in [-0.4, -0.2) is 0 Å². The van der Waals surface area contributed by atoms with Crippen molar-refractivity contribution in [3.63, 3.8) is 0 Å². The summed E-state index contributed by atoms with van der Waals surface area (Å²) in [6.45, 7) is 7.44. The number of aryl methyl sites for hydroxylation is 2. The Morgan fingerprint density at radius 3 is 2.29 bits per heavy atom. The van der Waals surface area contributed by atoms with Gasteiger partial charge < -0.3 is 5.32 Å². The maximum atomic E-state index is 3.65. The topological polar surface area (TPSA) is 12.0 Å². The van der Waals surface area contributed by atoms with Crippen LogP contribution in [0.5, 0.6) is 0 Å². The van der Waals surface area contributed by atoms with Crippen molar-refractivity contribution in [1.82, 2.24) is 5.32 Å². The second-order valence-corrected chi connectivity index (χ2v) is 6.53. The predicted octanol–water partition coefficient (Wildman–Crippen LogP) is 5.82. The lowest BCUT2D eigenvalue weighted by Crippen LogP contribution is -2.19. The summed E-state index contributed by atoms with van der Waals surface area (Å²) in [5.41, 5.74) is 7.90. The molecule has 0 heterocycles. The average Bonchev–Trinajstić information content (AvgIpc) is 2.61. The van der Waals surface area contributed by atoms with Crippen molar-refractivity contribution in [2.75, 3.05) is 0 Å². The van der Waals surface area contributed by atoms with E-state index in [0.717, 1.165) is 6.54 Å². The quantitative estimate of drug-likeness (QED) is 0.625. The molecule has 0 saturated heterocycles. The van der Waals surface area contributed by atoms with Crippen molar-refractivity contribution >= 4 is 0 Å². The van der Waals surface area contributed by atoms with E-state index in [9.17, 15) is 0 Å². The van der Waals surface area contributed by atoms with Gasteiger partial charge in [0.2, 0.25) is 0 Å². The van der Waals surface area contributed by atoms with Gasteiger partial charge in [-0.05, 0) is 54.7 Å². The maximum Gasteiger partial charge on any atom is 0.0297 e. The van der Waals surface area contributed by atoms with E-state index in [2.05, 4.69) is 98.9 Å². The second kappa shape index (κ2) is 7.46. The Balaban J connectivity index is 1.70. The zero-order valence-corrected chi connectivity index (χ0v) is 14.7. The zero-order chi connectivity index (χ0) is 16.9. The Hall–Kier alpha value is -2.38. The van der Waals surface area contributed by atoms with Gasteiger partial charge in [0.05, 0.1) is 0 Å². The van der Waals surface area contributed by atoms with Gasteiger partial charge in [0.15, 0.2) is 0 Å². The number of hydrogen-bond donors (Lipinski definition) is 1. The van der Waals surface area contributed by atoms with Crippen LogP contribution in [0.2, 0.25) is 0 Å². The van der Waals surface area contributed by atoms with E-state index in [1.54, 1.807) is 0 Å². The van der Waals surface area contributed by atoms with E-state index in [1.165, 1.54) is 33.4 Å². The molecule has 3 aromatic carbocycles. The molecular formula is C23H25N. The highest BCUT2D eigenvalue weighted by atomic mass is 14.9. The van der Waals surface area contributed by atoms with E-state index >= 15 is 0 Å². The third-order valence-electron chi connectivity index (χ3n) is 4.54. The van der Waals surface area contributed by atoms with Gasteiger partial charge in [-0.1, -0.05) is 72.3 Å². The van der Waals surface area contributed by atoms with Crippen LogP contribution in [0.1, 0.15) is 35.2 Å². The Morgan fingerprint density at radius 1 is 0.792 bits per heavy atom. The summed E-state index contributed by atoms with van der Waals surface area (Å²) >= 11 is 0. The van der Waals surface area contributed by atoms with Crippen molar-refractivity contribution in [3.8, 4) is 11.1 Å². The molecule has 0 aliphatic rings. The molecular weight excluding hydrogens is 290 g/mol. The lowest BCUT2D eigenvalue weighted by Gasteiger charge is -2.17. The summed E-state index contributed by atoms with van der Waals surface area (Å²) in [4.78, 5) is 0. The van der Waals surface area contributed by atoms with E-state index in [1.807, 2.05) is 0 Å². The Bertz CT molecular complexity index is 805. The lowest BCUT2D eigenvalue weighted by atomic mass is 9.99. The van der Waals surface area contributed by atoms with E-state index in [-0.39, 0.29) is 0 Å². The molecule has 1 atom stereocenters. The van der Waals surface area contributed by atoms with Crippen molar-refractivity contribution in [2.24, 2.45) is 0 Å². The third-order valence-corrected chi connectivity index (χ3v) is 4.54. The molecule has 0 radical (unpaired) electrons. The molecule has 0 fully saturated rings. The smallest absolute Gasteiger partial charge is 0.0297 e. The van der Waals surface area contributed by atoms with Gasteiger partial charge in [-0.3, -0.25) is 0 Å². The Kier molecular flexibility index (Phi) is 5.12. The summed E-state index contributed by atoms with van der Waals surface area (Å²) in [7, 11) is 0. The molecule has 0 saturated carbocycles. The first-order valence-corrected chi connectivity index (χ1v) is 8.58. The molecule has 1 N–H and O–H groups in total. The molecule has 0 bridgehead atoms. The fourth-order valence-electron chi connectivity index (χ4n) is 3.18. The molecule has 0 amide bonds. The van der Waals surface area contributed by atoms with E-state index in [4.69, 9.17) is 0 Å². The highest BCUT2D eigenvalue weighted by molar-refractivity contribution is 5.63. The first-order chi connectivity index (χ1) is 11.6. The van der Waals surface area contributed by atoms with Crippen LogP contribution in [0.15, 0.2) is 72.8 Å². The van der Waals surface area contributed by atoms with Gasteiger partial charge in [-0.2, -0.15) is 0 Å². The summed E-state index contributed by atoms with van der Waals surface area (Å²) in [6, 6.07) is 26.3. The molecule has 24 heavy (non-hydrogen) atoms. The van der Waals surface area contributed by atoms with Crippen LogP contribution >= 0.6 is 0 Å². The van der Waals surface area contributed by atoms with Gasteiger partial charge in [-0.25, -0.2) is 0 Å². The summed E-state index contributed by atoms with van der Waals surface area (Å²) in [5, 5.41) is 3.65. The molecule has 3 aromatic rings. The lowest BCUT2D eigenvalue weighted by molar-refractivity contribution is 0.572. The molecule has 0 aromatic heterocycles. The predicted molar refractivity (Wildman–Crippen MR) is 103 cm³/mol. The molecule has 1 nitrogen and oxygen atoms in total. The molecule has 122 valence electrons. The molecule has 0 aliphatic heterocycles. The first kappa shape index (κ1) is 16.5.